The van der Waals surface area contributed by atoms with Gasteiger partial charge in [-0.2, -0.15) is 0 Å². The third-order valence-corrected chi connectivity index (χ3v) is 4.58. The predicted octanol–water partition coefficient (Wildman–Crippen LogP) is 4.57. The van der Waals surface area contributed by atoms with E-state index < -0.39 is 0 Å². The summed E-state index contributed by atoms with van der Waals surface area (Å²) in [6.07, 6.45) is 1.04. The van der Waals surface area contributed by atoms with Crippen LogP contribution in [0.5, 0.6) is 0 Å². The minimum atomic E-state index is 0.385. The summed E-state index contributed by atoms with van der Waals surface area (Å²) in [4.78, 5) is 7.29. The van der Waals surface area contributed by atoms with E-state index >= 15 is 0 Å². The van der Waals surface area contributed by atoms with E-state index in [1.165, 1.54) is 9.75 Å². The van der Waals surface area contributed by atoms with Gasteiger partial charge in [0.05, 0.1) is 5.69 Å². The molecule has 0 saturated heterocycles. The van der Waals surface area contributed by atoms with Crippen LogP contribution < -0.4 is 5.32 Å². The Hall–Kier alpha value is -0.870. The van der Waals surface area contributed by atoms with Gasteiger partial charge in [-0.3, -0.25) is 0 Å². The van der Waals surface area contributed by atoms with E-state index in [4.69, 9.17) is 0 Å². The van der Waals surface area contributed by atoms with Crippen LogP contribution in [0.15, 0.2) is 28.7 Å². The molecule has 2 nitrogen and oxygen atoms in total. The first-order valence-corrected chi connectivity index (χ1v) is 7.60. The van der Waals surface area contributed by atoms with Crippen LogP contribution in [-0.4, -0.2) is 11.0 Å². The van der Waals surface area contributed by atoms with E-state index in [-0.39, 0.29) is 0 Å². The zero-order chi connectivity index (χ0) is 13.1. The van der Waals surface area contributed by atoms with Crippen molar-refractivity contribution in [2.45, 2.75) is 33.2 Å². The van der Waals surface area contributed by atoms with Crippen LogP contribution in [-0.2, 0) is 6.42 Å². The minimum Gasteiger partial charge on any atom is -0.367 e. The summed E-state index contributed by atoms with van der Waals surface area (Å²) >= 11 is 5.33. The second-order valence-electron chi connectivity index (χ2n) is 4.53. The average molecular weight is 325 g/mol. The van der Waals surface area contributed by atoms with Crippen molar-refractivity contribution in [1.29, 1.82) is 0 Å². The Morgan fingerprint density at radius 1 is 1.28 bits per heavy atom. The molecule has 18 heavy (non-hydrogen) atoms. The van der Waals surface area contributed by atoms with Gasteiger partial charge < -0.3 is 5.32 Å². The van der Waals surface area contributed by atoms with Gasteiger partial charge in [-0.05, 0) is 61.0 Å². The summed E-state index contributed by atoms with van der Waals surface area (Å²) in [5, 5.41) is 3.44. The molecule has 1 atom stereocenters. The lowest BCUT2D eigenvalue weighted by molar-refractivity contribution is 0.793. The van der Waals surface area contributed by atoms with Gasteiger partial charge in [0, 0.05) is 26.7 Å². The molecular formula is C14H17BrN2S. The molecule has 4 heteroatoms. The summed E-state index contributed by atoms with van der Waals surface area (Å²) in [5.41, 5.74) is 1.01. The molecule has 0 aliphatic heterocycles. The largest absolute Gasteiger partial charge is 0.367 e. The molecule has 0 spiro atoms. The van der Waals surface area contributed by atoms with Crippen molar-refractivity contribution in [2.75, 3.05) is 5.32 Å². The molecule has 1 N–H and O–H groups in total. The monoisotopic (exact) mass is 324 g/mol. The Morgan fingerprint density at radius 2 is 2.06 bits per heavy atom. The van der Waals surface area contributed by atoms with Crippen molar-refractivity contribution >= 4 is 33.1 Å². The van der Waals surface area contributed by atoms with Crippen LogP contribution in [0.2, 0.25) is 0 Å². The maximum atomic E-state index is 4.50. The Morgan fingerprint density at radius 3 is 2.67 bits per heavy atom. The summed E-state index contributed by atoms with van der Waals surface area (Å²) in [5.74, 6) is 0.941. The number of pyridine rings is 1. The fourth-order valence-corrected chi connectivity index (χ4v) is 3.06. The zero-order valence-corrected chi connectivity index (χ0v) is 13.2. The number of rotatable bonds is 4. The second kappa shape index (κ2) is 5.85. The lowest BCUT2D eigenvalue weighted by Crippen LogP contribution is -2.18. The molecule has 0 fully saturated rings. The summed E-state index contributed by atoms with van der Waals surface area (Å²) in [6, 6.07) is 8.81. The normalized spacial score (nSPS) is 12.4. The van der Waals surface area contributed by atoms with E-state index in [0.717, 1.165) is 22.4 Å². The highest BCUT2D eigenvalue weighted by atomic mass is 79.9. The van der Waals surface area contributed by atoms with E-state index in [2.05, 4.69) is 52.2 Å². The first-order chi connectivity index (χ1) is 8.54. The Labute approximate surface area is 121 Å². The SMILES string of the molecule is Cc1ccc(CC(C)Nc2ccc(Br)c(C)n2)s1. The van der Waals surface area contributed by atoms with Crippen LogP contribution in [0, 0.1) is 13.8 Å². The van der Waals surface area contributed by atoms with Crippen LogP contribution in [0.1, 0.15) is 22.4 Å². The highest BCUT2D eigenvalue weighted by Crippen LogP contribution is 2.19. The fraction of sp³-hybridized carbons (Fsp3) is 0.357. The van der Waals surface area contributed by atoms with Gasteiger partial charge in [-0.1, -0.05) is 0 Å². The van der Waals surface area contributed by atoms with Crippen molar-refractivity contribution in [3.05, 3.63) is 44.2 Å². The second-order valence-corrected chi connectivity index (χ2v) is 6.75. The van der Waals surface area contributed by atoms with Crippen LogP contribution >= 0.6 is 27.3 Å². The highest BCUT2D eigenvalue weighted by Gasteiger charge is 2.07. The molecule has 1 unspecified atom stereocenters. The molecule has 0 bridgehead atoms. The predicted molar refractivity (Wildman–Crippen MR) is 82.5 cm³/mol. The van der Waals surface area contributed by atoms with Gasteiger partial charge in [0.25, 0.3) is 0 Å². The van der Waals surface area contributed by atoms with E-state index in [1.54, 1.807) is 0 Å². The average Bonchev–Trinajstić information content (AvgIpc) is 2.69. The standard InChI is InChI=1S/C14H17BrN2S/c1-9(8-12-5-4-10(2)18-12)16-14-7-6-13(15)11(3)17-14/h4-7,9H,8H2,1-3H3,(H,16,17). The number of nitrogens with zero attached hydrogens (tertiary/aromatic N) is 1. The number of nitrogens with one attached hydrogen (secondary N) is 1. The smallest absolute Gasteiger partial charge is 0.126 e. The van der Waals surface area contributed by atoms with Crippen molar-refractivity contribution in [3.63, 3.8) is 0 Å². The lowest BCUT2D eigenvalue weighted by atomic mass is 10.2. The Bertz CT molecular complexity index is 536. The maximum Gasteiger partial charge on any atom is 0.126 e. The summed E-state index contributed by atoms with van der Waals surface area (Å²) < 4.78 is 1.05. The Balaban J connectivity index is 1.98. The molecule has 2 aromatic heterocycles. The maximum absolute atomic E-state index is 4.50. The third-order valence-electron chi connectivity index (χ3n) is 2.72. The van der Waals surface area contributed by atoms with Crippen molar-refractivity contribution in [1.82, 2.24) is 4.98 Å². The lowest BCUT2D eigenvalue weighted by Gasteiger charge is -2.14. The molecule has 2 heterocycles. The number of halogens is 1. The number of aryl methyl sites for hydroxylation is 2. The van der Waals surface area contributed by atoms with E-state index in [9.17, 15) is 0 Å². The first-order valence-electron chi connectivity index (χ1n) is 5.99. The molecular weight excluding hydrogens is 308 g/mol. The zero-order valence-electron chi connectivity index (χ0n) is 10.8. The van der Waals surface area contributed by atoms with Gasteiger partial charge in [0.2, 0.25) is 0 Å². The van der Waals surface area contributed by atoms with Crippen LogP contribution in [0.3, 0.4) is 0 Å². The number of anilines is 1. The topological polar surface area (TPSA) is 24.9 Å². The first kappa shape index (κ1) is 13.6. The molecule has 0 aromatic carbocycles. The Kier molecular flexibility index (Phi) is 4.40. The molecule has 96 valence electrons. The quantitative estimate of drug-likeness (QED) is 0.891. The van der Waals surface area contributed by atoms with Crippen molar-refractivity contribution in [3.8, 4) is 0 Å². The minimum absolute atomic E-state index is 0.385. The van der Waals surface area contributed by atoms with Gasteiger partial charge in [0.1, 0.15) is 5.82 Å². The number of aromatic nitrogens is 1. The molecule has 0 amide bonds. The number of hydrogen-bond acceptors (Lipinski definition) is 3. The van der Waals surface area contributed by atoms with Gasteiger partial charge in [-0.25, -0.2) is 4.98 Å². The molecule has 2 rings (SSSR count). The van der Waals surface area contributed by atoms with Crippen LogP contribution in [0.25, 0.3) is 0 Å². The summed E-state index contributed by atoms with van der Waals surface area (Å²) in [7, 11) is 0. The molecule has 2 aromatic rings. The number of thiophene rings is 1. The van der Waals surface area contributed by atoms with Crippen LogP contribution in [0.4, 0.5) is 5.82 Å². The highest BCUT2D eigenvalue weighted by molar-refractivity contribution is 9.10. The van der Waals surface area contributed by atoms with Gasteiger partial charge >= 0.3 is 0 Å². The fourth-order valence-electron chi connectivity index (χ4n) is 1.82. The molecule has 0 aliphatic rings. The van der Waals surface area contributed by atoms with E-state index in [0.29, 0.717) is 6.04 Å². The van der Waals surface area contributed by atoms with Crippen molar-refractivity contribution in [2.24, 2.45) is 0 Å². The third kappa shape index (κ3) is 3.56. The van der Waals surface area contributed by atoms with Crippen molar-refractivity contribution < 1.29 is 0 Å². The summed E-state index contributed by atoms with van der Waals surface area (Å²) in [6.45, 7) is 6.34. The van der Waals surface area contributed by atoms with E-state index in [1.807, 2.05) is 30.4 Å². The van der Waals surface area contributed by atoms with Gasteiger partial charge in [0.15, 0.2) is 0 Å². The number of hydrogen-bond donors (Lipinski definition) is 1. The molecule has 0 radical (unpaired) electrons. The molecule has 0 aliphatic carbocycles. The van der Waals surface area contributed by atoms with Gasteiger partial charge in [-0.15, -0.1) is 11.3 Å². The molecule has 0 saturated carbocycles.